The normalized spacial score (nSPS) is 17.4. The van der Waals surface area contributed by atoms with E-state index in [0.717, 1.165) is 0 Å². The van der Waals surface area contributed by atoms with Gasteiger partial charge in [0.2, 0.25) is 0 Å². The average molecular weight is 818 g/mol. The molecule has 0 fully saturated rings. The van der Waals surface area contributed by atoms with Crippen molar-refractivity contribution in [1.82, 2.24) is 0 Å². The first-order valence-electron chi connectivity index (χ1n) is 4.37. The summed E-state index contributed by atoms with van der Waals surface area (Å²) in [5, 5.41) is 0. The van der Waals surface area contributed by atoms with Gasteiger partial charge in [0.15, 0.2) is 0 Å². The van der Waals surface area contributed by atoms with Gasteiger partial charge in [0.25, 0.3) is 0 Å². The average Bonchev–Trinajstić information content (AvgIpc) is 2.39. The van der Waals surface area contributed by atoms with E-state index in [4.69, 9.17) is 6.65 Å². The Kier molecular flexibility index (Phi) is 6.24. The Morgan fingerprint density at radius 2 is 1.24 bits per heavy atom. The summed E-state index contributed by atoms with van der Waals surface area (Å²) >= 11 is -5.21. The molecular formula is C8H4O6Pb3. The third-order valence-corrected chi connectivity index (χ3v) is 16.6. The maximum atomic E-state index is 11.7. The number of benzene rings is 1. The molecule has 1 aromatic rings. The van der Waals surface area contributed by atoms with Crippen LogP contribution in [0.3, 0.4) is 0 Å². The van der Waals surface area contributed by atoms with Gasteiger partial charge in [-0.3, -0.25) is 0 Å². The van der Waals surface area contributed by atoms with Crippen LogP contribution in [-0.2, 0) is 6.65 Å². The van der Waals surface area contributed by atoms with Crippen LogP contribution in [-0.4, -0.2) is 87.4 Å². The van der Waals surface area contributed by atoms with E-state index in [1.54, 1.807) is 24.3 Å². The Bertz CT molecular complexity index is 398. The van der Waals surface area contributed by atoms with Crippen LogP contribution in [0, 0.1) is 0 Å². The van der Waals surface area contributed by atoms with E-state index in [1.165, 1.54) is 0 Å². The third kappa shape index (κ3) is 4.17. The zero-order valence-electron chi connectivity index (χ0n) is 8.26. The van der Waals surface area contributed by atoms with Gasteiger partial charge < -0.3 is 0 Å². The molecule has 2 rings (SSSR count). The summed E-state index contributed by atoms with van der Waals surface area (Å²) in [6.45, 7) is 0. The fourth-order valence-corrected chi connectivity index (χ4v) is 22.4. The second-order valence-electron chi connectivity index (χ2n) is 2.78. The molecule has 9 heteroatoms. The summed E-state index contributed by atoms with van der Waals surface area (Å²) in [6.07, 6.45) is 0. The van der Waals surface area contributed by atoms with Gasteiger partial charge in [-0.05, 0) is 0 Å². The minimum absolute atomic E-state index is 0.243. The van der Waals surface area contributed by atoms with E-state index in [9.17, 15) is 9.59 Å². The summed E-state index contributed by atoms with van der Waals surface area (Å²) in [4.78, 5) is 23.4. The fourth-order valence-electron chi connectivity index (χ4n) is 1.12. The molecule has 1 heterocycles. The first-order valence-corrected chi connectivity index (χ1v) is 13.9. The fraction of sp³-hybridized carbons (Fsp3) is 0. The third-order valence-electron chi connectivity index (χ3n) is 1.80. The van der Waals surface area contributed by atoms with Crippen LogP contribution in [0.1, 0.15) is 20.7 Å². The van der Waals surface area contributed by atoms with Crippen LogP contribution in [0.15, 0.2) is 24.3 Å². The monoisotopic (exact) mass is 820 g/mol. The maximum absolute atomic E-state index is 11.7. The van der Waals surface area contributed by atoms with Gasteiger partial charge in [-0.1, -0.05) is 0 Å². The number of carbonyl (C=O) groups excluding carboxylic acids is 2. The molecule has 6 radical (unpaired) electrons. The summed E-state index contributed by atoms with van der Waals surface area (Å²) in [5.74, 6) is -1.00. The van der Waals surface area contributed by atoms with Crippen molar-refractivity contribution in [3.05, 3.63) is 35.4 Å². The first-order chi connectivity index (χ1) is 8.29. The van der Waals surface area contributed by atoms with Crippen molar-refractivity contribution in [3.8, 4) is 0 Å². The van der Waals surface area contributed by atoms with Crippen LogP contribution < -0.4 is 0 Å². The Hall–Kier alpha value is 0.846. The first kappa shape index (κ1) is 14.3. The predicted octanol–water partition coefficient (Wildman–Crippen LogP) is -0.350. The summed E-state index contributed by atoms with van der Waals surface area (Å²) < 4.78 is 20.7. The number of fused-ring (bicyclic) bond motifs is 1. The molecule has 0 unspecified atom stereocenters. The van der Waals surface area contributed by atoms with Crippen LogP contribution in [0.25, 0.3) is 0 Å². The van der Waals surface area contributed by atoms with E-state index in [0.29, 0.717) is 0 Å². The zero-order chi connectivity index (χ0) is 12.1. The molecule has 0 aliphatic carbocycles. The Balaban J connectivity index is 2.30. The van der Waals surface area contributed by atoms with Gasteiger partial charge in [-0.25, -0.2) is 0 Å². The summed E-state index contributed by atoms with van der Waals surface area (Å²) in [6, 6.07) is 6.46. The van der Waals surface area contributed by atoms with Crippen LogP contribution >= 0.6 is 0 Å². The van der Waals surface area contributed by atoms with Crippen molar-refractivity contribution in [2.75, 3.05) is 0 Å². The molecule has 0 spiro atoms. The molecule has 0 saturated carbocycles. The summed E-state index contributed by atoms with van der Waals surface area (Å²) in [7, 11) is 0. The minimum atomic E-state index is -1.81. The Morgan fingerprint density at radius 3 is 1.71 bits per heavy atom. The molecule has 1 aliphatic heterocycles. The van der Waals surface area contributed by atoms with Gasteiger partial charge in [-0.15, -0.1) is 0 Å². The molecule has 17 heavy (non-hydrogen) atoms. The van der Waals surface area contributed by atoms with Crippen molar-refractivity contribution in [2.45, 2.75) is 0 Å². The molecule has 0 N–H and O–H groups in total. The van der Waals surface area contributed by atoms with E-state index in [2.05, 4.69) is 0 Å². The zero-order valence-corrected chi connectivity index (χ0v) is 19.9. The van der Waals surface area contributed by atoms with Gasteiger partial charge in [0.05, 0.1) is 0 Å². The van der Waals surface area contributed by atoms with Crippen LogP contribution in [0.2, 0.25) is 0 Å². The molecule has 1 aromatic carbocycles. The molecule has 0 aromatic heterocycles. The van der Waals surface area contributed by atoms with Gasteiger partial charge in [0.1, 0.15) is 0 Å². The van der Waals surface area contributed by atoms with Crippen molar-refractivity contribution in [1.29, 1.82) is 0 Å². The van der Waals surface area contributed by atoms with Gasteiger partial charge in [0, 0.05) is 0 Å². The topological polar surface area (TPSA) is 71.1 Å². The van der Waals surface area contributed by atoms with Crippen molar-refractivity contribution in [2.24, 2.45) is 0 Å². The predicted molar refractivity (Wildman–Crippen MR) is 56.7 cm³/mol. The van der Waals surface area contributed by atoms with Gasteiger partial charge >= 0.3 is 139 Å². The molecule has 84 valence electrons. The quantitative estimate of drug-likeness (QED) is 0.334. The molecule has 0 atom stereocenters. The standard InChI is InChI=1S/C8H6O4.2O.3Pb/c9-7(10)5-3-1-2-4-6(5)8(11)12;;;;;/h1-4H,(H,9,10)(H,11,12);;;;;/q;;;;2*+1/p-2. The molecule has 1 aliphatic rings. The summed E-state index contributed by atoms with van der Waals surface area (Å²) in [5.41, 5.74) is 0.486. The van der Waals surface area contributed by atoms with Crippen LogP contribution in [0.5, 0.6) is 0 Å². The van der Waals surface area contributed by atoms with Crippen molar-refractivity contribution < 1.29 is 16.2 Å². The second-order valence-corrected chi connectivity index (χ2v) is 21.8. The number of hydrogen-bond acceptors (Lipinski definition) is 6. The molecule has 0 amide bonds. The van der Waals surface area contributed by atoms with Crippen molar-refractivity contribution >= 4 is 87.4 Å². The molecule has 6 nitrogen and oxygen atoms in total. The number of rotatable bonds is 0. The van der Waals surface area contributed by atoms with Crippen molar-refractivity contribution in [3.63, 3.8) is 0 Å². The van der Waals surface area contributed by atoms with E-state index in [1.807, 2.05) is 0 Å². The van der Waals surface area contributed by atoms with Crippen LogP contribution in [0.4, 0.5) is 0 Å². The Morgan fingerprint density at radius 1 is 0.765 bits per heavy atom. The SMILES string of the molecule is O=C1[O][Pb][O][Pb][O][Pb][O]C(=O)c2ccccc21. The van der Waals surface area contributed by atoms with E-state index >= 15 is 0 Å². The van der Waals surface area contributed by atoms with E-state index < -0.39 is 87.4 Å². The second kappa shape index (κ2) is 7.44. The Labute approximate surface area is 137 Å². The number of carbonyl (C=O) groups is 2. The molecule has 0 saturated heterocycles. The molecular weight excluding hydrogens is 814 g/mol. The van der Waals surface area contributed by atoms with Gasteiger partial charge in [-0.2, -0.15) is 0 Å². The number of hydrogen-bond donors (Lipinski definition) is 0. The van der Waals surface area contributed by atoms with E-state index in [-0.39, 0.29) is 11.1 Å². The molecule has 0 bridgehead atoms.